The van der Waals surface area contributed by atoms with Gasteiger partial charge < -0.3 is 0 Å². The number of anilines is 1. The van der Waals surface area contributed by atoms with E-state index in [9.17, 15) is 18.5 Å². The fourth-order valence-electron chi connectivity index (χ4n) is 1.38. The van der Waals surface area contributed by atoms with Gasteiger partial charge in [-0.1, -0.05) is 15.9 Å². The molecule has 0 spiro atoms. The lowest BCUT2D eigenvalue weighted by Crippen LogP contribution is -2.16. The number of hydrogen-bond acceptors (Lipinski definition) is 6. The first kappa shape index (κ1) is 14.3. The van der Waals surface area contributed by atoms with Gasteiger partial charge in [0.1, 0.15) is 0 Å². The molecule has 0 aliphatic rings. The lowest BCUT2D eigenvalue weighted by Gasteiger charge is -2.07. The van der Waals surface area contributed by atoms with E-state index in [2.05, 4.69) is 30.6 Å². The molecule has 0 amide bonds. The van der Waals surface area contributed by atoms with Crippen LogP contribution in [0.2, 0.25) is 0 Å². The van der Waals surface area contributed by atoms with Crippen LogP contribution < -0.4 is 4.72 Å². The SMILES string of the molecule is O=[N+]([O-])c1ccc(Br)cc1S(=O)(=O)Nc1ncccn1. The van der Waals surface area contributed by atoms with Crippen LogP contribution >= 0.6 is 15.9 Å². The minimum absolute atomic E-state index is 0.165. The van der Waals surface area contributed by atoms with Gasteiger partial charge in [0.05, 0.1) is 4.92 Å². The number of hydrogen-bond donors (Lipinski definition) is 1. The third-order valence-electron chi connectivity index (χ3n) is 2.20. The molecule has 1 aromatic carbocycles. The first-order valence-electron chi connectivity index (χ1n) is 5.14. The summed E-state index contributed by atoms with van der Waals surface area (Å²) in [6.45, 7) is 0. The summed E-state index contributed by atoms with van der Waals surface area (Å²) in [5.41, 5.74) is -0.531. The van der Waals surface area contributed by atoms with Crippen molar-refractivity contribution in [1.82, 2.24) is 9.97 Å². The molecule has 104 valence electrons. The van der Waals surface area contributed by atoms with Crippen LogP contribution in [0, 0.1) is 10.1 Å². The third kappa shape index (κ3) is 3.08. The number of benzene rings is 1. The molecule has 2 rings (SSSR count). The molecule has 0 atom stereocenters. The van der Waals surface area contributed by atoms with Gasteiger partial charge in [0.2, 0.25) is 5.95 Å². The van der Waals surface area contributed by atoms with Crippen LogP contribution in [0.5, 0.6) is 0 Å². The van der Waals surface area contributed by atoms with E-state index >= 15 is 0 Å². The second kappa shape index (κ2) is 5.51. The summed E-state index contributed by atoms with van der Waals surface area (Å²) >= 11 is 3.08. The van der Waals surface area contributed by atoms with Crippen molar-refractivity contribution in [1.29, 1.82) is 0 Å². The molecule has 0 unspecified atom stereocenters. The van der Waals surface area contributed by atoms with Gasteiger partial charge in [-0.15, -0.1) is 0 Å². The van der Waals surface area contributed by atoms with Gasteiger partial charge in [0.15, 0.2) is 4.90 Å². The van der Waals surface area contributed by atoms with Crippen LogP contribution in [-0.4, -0.2) is 23.3 Å². The van der Waals surface area contributed by atoms with Gasteiger partial charge in [0.25, 0.3) is 15.7 Å². The van der Waals surface area contributed by atoms with Crippen molar-refractivity contribution in [3.63, 3.8) is 0 Å². The molecule has 0 fully saturated rings. The molecule has 1 aromatic heterocycles. The fraction of sp³-hybridized carbons (Fsp3) is 0. The zero-order chi connectivity index (χ0) is 14.8. The Labute approximate surface area is 122 Å². The Morgan fingerprint density at radius 3 is 2.50 bits per heavy atom. The highest BCUT2D eigenvalue weighted by molar-refractivity contribution is 9.10. The predicted molar refractivity (Wildman–Crippen MR) is 73.6 cm³/mol. The normalized spacial score (nSPS) is 11.1. The number of nitrogens with zero attached hydrogens (tertiary/aromatic N) is 3. The number of nitro benzene ring substituents is 1. The Bertz CT molecular complexity index is 751. The Morgan fingerprint density at radius 2 is 1.90 bits per heavy atom. The minimum atomic E-state index is -4.16. The van der Waals surface area contributed by atoms with E-state index < -0.39 is 25.5 Å². The van der Waals surface area contributed by atoms with E-state index in [1.165, 1.54) is 24.5 Å². The van der Waals surface area contributed by atoms with E-state index in [0.29, 0.717) is 4.47 Å². The van der Waals surface area contributed by atoms with Crippen molar-refractivity contribution in [2.75, 3.05) is 4.72 Å². The molecule has 0 radical (unpaired) electrons. The first-order chi connectivity index (χ1) is 9.40. The summed E-state index contributed by atoms with van der Waals surface area (Å²) in [7, 11) is -4.16. The van der Waals surface area contributed by atoms with Crippen LogP contribution in [0.1, 0.15) is 0 Å². The lowest BCUT2D eigenvalue weighted by atomic mass is 10.3. The molecule has 8 nitrogen and oxygen atoms in total. The van der Waals surface area contributed by atoms with Crippen LogP contribution in [0.3, 0.4) is 0 Å². The summed E-state index contributed by atoms with van der Waals surface area (Å²) in [4.78, 5) is 17.1. The number of sulfonamides is 1. The van der Waals surface area contributed by atoms with Crippen molar-refractivity contribution < 1.29 is 13.3 Å². The van der Waals surface area contributed by atoms with E-state index in [1.54, 1.807) is 0 Å². The minimum Gasteiger partial charge on any atom is -0.258 e. The molecule has 1 N–H and O–H groups in total. The van der Waals surface area contributed by atoms with E-state index in [-0.39, 0.29) is 5.95 Å². The molecular weight excluding hydrogens is 352 g/mol. The third-order valence-corrected chi connectivity index (χ3v) is 4.05. The van der Waals surface area contributed by atoms with Crippen LogP contribution in [0.4, 0.5) is 11.6 Å². The number of nitrogens with one attached hydrogen (secondary N) is 1. The average Bonchev–Trinajstić information content (AvgIpc) is 2.39. The summed E-state index contributed by atoms with van der Waals surface area (Å²) in [6.07, 6.45) is 2.69. The topological polar surface area (TPSA) is 115 Å². The molecular formula is C10H7BrN4O4S. The van der Waals surface area contributed by atoms with Gasteiger partial charge in [-0.3, -0.25) is 10.1 Å². The highest BCUT2D eigenvalue weighted by Crippen LogP contribution is 2.28. The molecule has 0 aliphatic carbocycles. The first-order valence-corrected chi connectivity index (χ1v) is 7.41. The number of nitro groups is 1. The lowest BCUT2D eigenvalue weighted by molar-refractivity contribution is -0.387. The van der Waals surface area contributed by atoms with Crippen molar-refractivity contribution in [3.05, 3.63) is 51.2 Å². The van der Waals surface area contributed by atoms with Gasteiger partial charge in [-0.2, -0.15) is 0 Å². The van der Waals surface area contributed by atoms with Gasteiger partial charge in [-0.05, 0) is 18.2 Å². The van der Waals surface area contributed by atoms with Crippen molar-refractivity contribution in [2.24, 2.45) is 0 Å². The number of aromatic nitrogens is 2. The van der Waals surface area contributed by atoms with E-state index in [4.69, 9.17) is 0 Å². The van der Waals surface area contributed by atoms with E-state index in [1.807, 2.05) is 0 Å². The fourth-order valence-corrected chi connectivity index (χ4v) is 3.05. The summed E-state index contributed by atoms with van der Waals surface area (Å²) in [5.74, 6) is -0.165. The highest BCUT2D eigenvalue weighted by atomic mass is 79.9. The Kier molecular flexibility index (Phi) is 3.95. The average molecular weight is 359 g/mol. The second-order valence-electron chi connectivity index (χ2n) is 3.55. The monoisotopic (exact) mass is 358 g/mol. The Balaban J connectivity index is 2.49. The Morgan fingerprint density at radius 1 is 1.25 bits per heavy atom. The molecule has 10 heteroatoms. The standard InChI is InChI=1S/C10H7BrN4O4S/c11-7-2-3-8(15(16)17)9(6-7)20(18,19)14-10-12-4-1-5-13-10/h1-6H,(H,12,13,14). The zero-order valence-corrected chi connectivity index (χ0v) is 12.1. The Hall–Kier alpha value is -2.07. The molecule has 0 aliphatic heterocycles. The maximum atomic E-state index is 12.2. The predicted octanol–water partition coefficient (Wildman–Crippen LogP) is 1.95. The van der Waals surface area contributed by atoms with Crippen molar-refractivity contribution in [2.45, 2.75) is 4.90 Å². The maximum absolute atomic E-state index is 12.2. The van der Waals surface area contributed by atoms with Crippen molar-refractivity contribution in [3.8, 4) is 0 Å². The maximum Gasteiger partial charge on any atom is 0.289 e. The zero-order valence-electron chi connectivity index (χ0n) is 9.72. The van der Waals surface area contributed by atoms with Crippen LogP contribution in [-0.2, 0) is 10.0 Å². The second-order valence-corrected chi connectivity index (χ2v) is 6.11. The van der Waals surface area contributed by atoms with Gasteiger partial charge in [-0.25, -0.2) is 23.1 Å². The number of halogens is 1. The quantitative estimate of drug-likeness (QED) is 0.659. The van der Waals surface area contributed by atoms with Gasteiger partial charge in [0, 0.05) is 22.9 Å². The van der Waals surface area contributed by atoms with Crippen LogP contribution in [0.15, 0.2) is 46.0 Å². The molecule has 2 aromatic rings. The molecule has 0 bridgehead atoms. The van der Waals surface area contributed by atoms with Crippen molar-refractivity contribution >= 4 is 37.6 Å². The van der Waals surface area contributed by atoms with E-state index in [0.717, 1.165) is 12.1 Å². The summed E-state index contributed by atoms with van der Waals surface area (Å²) < 4.78 is 26.8. The molecule has 0 saturated carbocycles. The smallest absolute Gasteiger partial charge is 0.258 e. The van der Waals surface area contributed by atoms with Crippen LogP contribution in [0.25, 0.3) is 0 Å². The summed E-state index contributed by atoms with van der Waals surface area (Å²) in [6, 6.07) is 5.14. The molecule has 1 heterocycles. The van der Waals surface area contributed by atoms with Gasteiger partial charge >= 0.3 is 0 Å². The largest absolute Gasteiger partial charge is 0.289 e. The molecule has 20 heavy (non-hydrogen) atoms. The highest BCUT2D eigenvalue weighted by Gasteiger charge is 2.26. The molecule has 0 saturated heterocycles. The summed E-state index contributed by atoms with van der Waals surface area (Å²) in [5, 5.41) is 10.9. The number of rotatable bonds is 4.